The van der Waals surface area contributed by atoms with Crippen LogP contribution in [0.4, 0.5) is 10.5 Å². The number of nitrogen functional groups attached to an aromatic ring is 1. The number of anilines is 1. The van der Waals surface area contributed by atoms with Gasteiger partial charge in [0.1, 0.15) is 5.60 Å². The molecule has 0 aliphatic rings. The number of nitrogens with two attached hydrogens (primary N) is 2. The van der Waals surface area contributed by atoms with Gasteiger partial charge in [-0.2, -0.15) is 0 Å². The minimum absolute atomic E-state index is 0.0685. The highest BCUT2D eigenvalue weighted by molar-refractivity contribution is 5.91. The van der Waals surface area contributed by atoms with Gasteiger partial charge in [-0.1, -0.05) is 23.2 Å². The Morgan fingerprint density at radius 1 is 1.38 bits per heavy atom. The topological polar surface area (TPSA) is 173 Å². The van der Waals surface area contributed by atoms with E-state index in [0.29, 0.717) is 36.6 Å². The summed E-state index contributed by atoms with van der Waals surface area (Å²) in [5, 5.41) is 24.0. The summed E-state index contributed by atoms with van der Waals surface area (Å²) >= 11 is 0. The lowest BCUT2D eigenvalue weighted by Gasteiger charge is -2.21. The summed E-state index contributed by atoms with van der Waals surface area (Å²) in [6, 6.07) is 7.29. The van der Waals surface area contributed by atoms with Crippen molar-refractivity contribution in [3.63, 3.8) is 0 Å². The zero-order valence-corrected chi connectivity index (χ0v) is 17.1. The summed E-state index contributed by atoms with van der Waals surface area (Å²) in [4.78, 5) is 22.9. The second-order valence-electron chi connectivity index (χ2n) is 7.57. The molecule has 0 saturated carbocycles. The number of guanidine groups is 1. The molecular formula is C18H31N7O4. The molecule has 0 fully saturated rings. The van der Waals surface area contributed by atoms with E-state index in [1.54, 1.807) is 20.8 Å². The monoisotopic (exact) mass is 409 g/mol. The van der Waals surface area contributed by atoms with Crippen LogP contribution in [0.2, 0.25) is 0 Å². The maximum absolute atomic E-state index is 11.7. The maximum atomic E-state index is 11.7. The number of rotatable bonds is 9. The van der Waals surface area contributed by atoms with Crippen LogP contribution in [-0.4, -0.2) is 46.8 Å². The molecule has 11 heteroatoms. The Bertz CT molecular complexity index is 706. The molecule has 11 nitrogen and oxygen atoms in total. The Balaban J connectivity index is 2.37. The second-order valence-corrected chi connectivity index (χ2v) is 7.57. The fourth-order valence-electron chi connectivity index (χ4n) is 2.43. The van der Waals surface area contributed by atoms with Crippen LogP contribution in [-0.2, 0) is 11.3 Å². The van der Waals surface area contributed by atoms with Crippen LogP contribution >= 0.6 is 0 Å². The number of amides is 1. The zero-order valence-electron chi connectivity index (χ0n) is 17.1. The number of para-hydroxylation sites is 1. The lowest BCUT2D eigenvalue weighted by atomic mass is 10.1. The van der Waals surface area contributed by atoms with Gasteiger partial charge in [0, 0.05) is 24.8 Å². The third-order valence-corrected chi connectivity index (χ3v) is 3.80. The number of hydrazine groups is 1. The number of hydrogen-bond donors (Lipinski definition) is 5. The Labute approximate surface area is 170 Å². The molecule has 0 spiro atoms. The van der Waals surface area contributed by atoms with Crippen LogP contribution in [0.25, 0.3) is 0 Å². The number of carbonyl (C=O) groups is 1. The molecule has 0 bridgehead atoms. The Morgan fingerprint density at radius 2 is 2.03 bits per heavy atom. The highest BCUT2D eigenvalue weighted by Gasteiger charge is 2.25. The number of alkyl carbamates (subject to hydrolysis) is 1. The van der Waals surface area contributed by atoms with Crippen LogP contribution < -0.4 is 22.1 Å². The Kier molecular flexibility index (Phi) is 9.29. The zero-order chi connectivity index (χ0) is 22.0. The van der Waals surface area contributed by atoms with Gasteiger partial charge in [0.25, 0.3) is 5.96 Å². The van der Waals surface area contributed by atoms with Gasteiger partial charge in [-0.15, -0.1) is 0 Å². The van der Waals surface area contributed by atoms with E-state index >= 15 is 0 Å². The van der Waals surface area contributed by atoms with Crippen LogP contribution in [0, 0.1) is 15.5 Å². The van der Waals surface area contributed by atoms with Crippen LogP contribution in [0.1, 0.15) is 39.2 Å². The van der Waals surface area contributed by atoms with Gasteiger partial charge >= 0.3 is 6.09 Å². The largest absolute Gasteiger partial charge is 0.444 e. The highest BCUT2D eigenvalue weighted by Crippen LogP contribution is 2.10. The average molecular weight is 409 g/mol. The molecular weight excluding hydrogens is 378 g/mol. The first-order valence-electron chi connectivity index (χ1n) is 9.29. The van der Waals surface area contributed by atoms with E-state index in [4.69, 9.17) is 21.6 Å². The predicted octanol–water partition coefficient (Wildman–Crippen LogP) is 1.42. The summed E-state index contributed by atoms with van der Waals surface area (Å²) in [5.74, 6) is -0.657. The van der Waals surface area contributed by atoms with Gasteiger partial charge in [-0.05, 0) is 45.2 Å². The molecule has 0 aliphatic heterocycles. The van der Waals surface area contributed by atoms with Crippen molar-refractivity contribution in [3.8, 4) is 0 Å². The van der Waals surface area contributed by atoms with Crippen molar-refractivity contribution in [3.05, 3.63) is 39.9 Å². The third-order valence-electron chi connectivity index (χ3n) is 3.80. The summed E-state index contributed by atoms with van der Waals surface area (Å²) < 4.78 is 4.99. The number of ether oxygens (including phenoxy) is 1. The van der Waals surface area contributed by atoms with Gasteiger partial charge < -0.3 is 21.5 Å². The van der Waals surface area contributed by atoms with E-state index < -0.39 is 22.7 Å². The van der Waals surface area contributed by atoms with Gasteiger partial charge in [0.05, 0.1) is 6.54 Å². The number of hydrogen-bond acceptors (Lipinski definition) is 8. The molecule has 1 amide bonds. The van der Waals surface area contributed by atoms with Crippen molar-refractivity contribution in [1.82, 2.24) is 15.6 Å². The van der Waals surface area contributed by atoms with Crippen LogP contribution in [0.15, 0.2) is 24.3 Å². The third kappa shape index (κ3) is 9.72. The lowest BCUT2D eigenvalue weighted by molar-refractivity contribution is -0.630. The molecule has 1 aromatic rings. The van der Waals surface area contributed by atoms with Gasteiger partial charge in [0.15, 0.2) is 5.03 Å². The molecule has 0 aliphatic carbocycles. The number of nitrogens with one attached hydrogen (secondary N) is 3. The Morgan fingerprint density at radius 3 is 2.62 bits per heavy atom. The number of benzene rings is 1. The molecule has 0 heterocycles. The molecule has 1 aromatic carbocycles. The molecule has 29 heavy (non-hydrogen) atoms. The Hall–Kier alpha value is -2.92. The number of nitrogens with zero attached hydrogens (tertiary/aromatic N) is 2. The first kappa shape index (κ1) is 24.1. The van der Waals surface area contributed by atoms with Gasteiger partial charge in [-0.3, -0.25) is 10.7 Å². The minimum atomic E-state index is -0.921. The minimum Gasteiger partial charge on any atom is -0.444 e. The molecule has 0 saturated heterocycles. The summed E-state index contributed by atoms with van der Waals surface area (Å²) in [5.41, 5.74) is 12.8. The molecule has 7 N–H and O–H groups in total. The van der Waals surface area contributed by atoms with E-state index in [1.807, 2.05) is 24.3 Å². The molecule has 162 valence electrons. The lowest BCUT2D eigenvalue weighted by Crippen LogP contribution is -2.48. The number of carbonyl (C=O) groups excluding carboxylic acids is 1. The summed E-state index contributed by atoms with van der Waals surface area (Å²) in [6.07, 6.45) is -0.0489. The molecule has 0 unspecified atom stereocenters. The standard InChI is InChI=1S/C18H31N7O4/c1-18(2,3)29-17(26)23-16(21)24(25(27)28)10-6-8-14(19)12-22-11-13-7-4-5-9-15(13)20/h4-5,7,9,14,22H,6,8,10-12,19-20H2,1-3H3,(H2,21,23,26)/t14-/m0/s1. The molecule has 0 aromatic heterocycles. The van der Waals surface area contributed by atoms with E-state index in [2.05, 4.69) is 10.6 Å². The van der Waals surface area contributed by atoms with Crippen LogP contribution in [0.3, 0.4) is 0 Å². The van der Waals surface area contributed by atoms with Crippen LogP contribution in [0.5, 0.6) is 0 Å². The SMILES string of the molecule is CC(C)(C)OC(=O)NC(=N)N(CCC[C@H](N)CNCc1ccccc1N)[N+](=O)[O-]. The molecule has 1 atom stereocenters. The number of nitro groups is 1. The van der Waals surface area contributed by atoms with Crippen molar-refractivity contribution in [2.24, 2.45) is 5.73 Å². The van der Waals surface area contributed by atoms with E-state index in [0.717, 1.165) is 5.56 Å². The van der Waals surface area contributed by atoms with Crippen molar-refractivity contribution in [1.29, 1.82) is 5.41 Å². The fourth-order valence-corrected chi connectivity index (χ4v) is 2.43. The molecule has 0 radical (unpaired) electrons. The average Bonchev–Trinajstić information content (AvgIpc) is 2.58. The quantitative estimate of drug-likeness (QED) is 0.134. The maximum Gasteiger partial charge on any atom is 0.414 e. The molecule has 1 rings (SSSR count). The van der Waals surface area contributed by atoms with Crippen molar-refractivity contribution in [2.75, 3.05) is 18.8 Å². The second kappa shape index (κ2) is 11.2. The summed E-state index contributed by atoms with van der Waals surface area (Å²) in [6.45, 7) is 5.99. The predicted molar refractivity (Wildman–Crippen MR) is 111 cm³/mol. The van der Waals surface area contributed by atoms with Crippen molar-refractivity contribution >= 4 is 17.7 Å². The van der Waals surface area contributed by atoms with E-state index in [-0.39, 0.29) is 12.6 Å². The first-order valence-corrected chi connectivity index (χ1v) is 9.29. The smallest absolute Gasteiger partial charge is 0.414 e. The normalized spacial score (nSPS) is 12.1. The van der Waals surface area contributed by atoms with Gasteiger partial charge in [0.2, 0.25) is 0 Å². The van der Waals surface area contributed by atoms with E-state index in [1.165, 1.54) is 0 Å². The highest BCUT2D eigenvalue weighted by atomic mass is 16.7. The van der Waals surface area contributed by atoms with Gasteiger partial charge in [-0.25, -0.2) is 14.9 Å². The van der Waals surface area contributed by atoms with E-state index in [9.17, 15) is 14.9 Å². The fraction of sp³-hybridized carbons (Fsp3) is 0.556. The van der Waals surface area contributed by atoms with Crippen molar-refractivity contribution in [2.45, 2.75) is 51.8 Å². The van der Waals surface area contributed by atoms with Crippen molar-refractivity contribution < 1.29 is 14.6 Å². The first-order chi connectivity index (χ1) is 13.5. The summed E-state index contributed by atoms with van der Waals surface area (Å²) in [7, 11) is 0.